The Morgan fingerprint density at radius 2 is 1.86 bits per heavy atom. The molecule has 4 rings (SSSR count). The lowest BCUT2D eigenvalue weighted by Crippen LogP contribution is -2.42. The average molecular weight is 503 g/mol. The quantitative estimate of drug-likeness (QED) is 0.515. The second kappa shape index (κ2) is 10.7. The zero-order valence-corrected chi connectivity index (χ0v) is 20.5. The van der Waals surface area contributed by atoms with Gasteiger partial charge in [-0.25, -0.2) is 9.97 Å². The van der Waals surface area contributed by atoms with Gasteiger partial charge >= 0.3 is 6.36 Å². The number of piperidine rings is 1. The lowest BCUT2D eigenvalue weighted by Gasteiger charge is -2.35. The van der Waals surface area contributed by atoms with Crippen molar-refractivity contribution in [2.24, 2.45) is 0 Å². The summed E-state index contributed by atoms with van der Waals surface area (Å²) >= 11 is 0. The second-order valence-electron chi connectivity index (χ2n) is 9.13. The molecule has 1 amide bonds. The van der Waals surface area contributed by atoms with E-state index < -0.39 is 6.36 Å². The van der Waals surface area contributed by atoms with Gasteiger partial charge in [0.1, 0.15) is 5.75 Å². The summed E-state index contributed by atoms with van der Waals surface area (Å²) in [6, 6.07) is 7.85. The first-order valence-electron chi connectivity index (χ1n) is 11.8. The normalized spacial score (nSPS) is 14.9. The number of carbonyl (C=O) groups excluding carboxylic acids is 1. The Kier molecular flexibility index (Phi) is 7.58. The zero-order valence-electron chi connectivity index (χ0n) is 20.5. The molecule has 8 nitrogen and oxygen atoms in total. The summed E-state index contributed by atoms with van der Waals surface area (Å²) in [4.78, 5) is 30.7. The van der Waals surface area contributed by atoms with Crippen LogP contribution in [-0.4, -0.2) is 65.3 Å². The van der Waals surface area contributed by atoms with Crippen LogP contribution in [-0.2, 0) is 11.2 Å². The van der Waals surface area contributed by atoms with E-state index in [9.17, 15) is 18.0 Å². The number of alkyl halides is 3. The van der Waals surface area contributed by atoms with Gasteiger partial charge in [0.25, 0.3) is 0 Å². The minimum Gasteiger partial charge on any atom is -0.406 e. The van der Waals surface area contributed by atoms with Gasteiger partial charge in [-0.2, -0.15) is 4.98 Å². The Balaban J connectivity index is 1.35. The maximum atomic E-state index is 12.4. The van der Waals surface area contributed by atoms with Crippen LogP contribution in [0.2, 0.25) is 0 Å². The molecule has 0 saturated carbocycles. The third-order valence-electron chi connectivity index (χ3n) is 6.29. The maximum Gasteiger partial charge on any atom is 0.573 e. The molecule has 2 aromatic heterocycles. The third-order valence-corrected chi connectivity index (χ3v) is 6.29. The number of pyridine rings is 1. The van der Waals surface area contributed by atoms with Gasteiger partial charge in [0, 0.05) is 30.9 Å². The van der Waals surface area contributed by atoms with Gasteiger partial charge < -0.3 is 19.9 Å². The minimum absolute atomic E-state index is 0.162. The van der Waals surface area contributed by atoms with E-state index >= 15 is 0 Å². The van der Waals surface area contributed by atoms with E-state index in [-0.39, 0.29) is 18.1 Å². The highest BCUT2D eigenvalue weighted by Crippen LogP contribution is 2.25. The maximum absolute atomic E-state index is 12.4. The molecule has 3 aromatic rings. The minimum atomic E-state index is -4.73. The molecule has 1 aliphatic rings. The van der Waals surface area contributed by atoms with Crippen LogP contribution in [0.15, 0.2) is 36.5 Å². The van der Waals surface area contributed by atoms with Crippen molar-refractivity contribution in [3.05, 3.63) is 47.8 Å². The summed E-state index contributed by atoms with van der Waals surface area (Å²) in [6.45, 7) is 3.68. The number of ether oxygens (including phenoxy) is 1. The van der Waals surface area contributed by atoms with E-state index in [1.54, 1.807) is 12.3 Å². The van der Waals surface area contributed by atoms with Crippen molar-refractivity contribution in [2.75, 3.05) is 37.4 Å². The van der Waals surface area contributed by atoms with E-state index in [4.69, 9.17) is 0 Å². The van der Waals surface area contributed by atoms with Gasteiger partial charge in [-0.1, -0.05) is 12.1 Å². The smallest absolute Gasteiger partial charge is 0.406 e. The monoisotopic (exact) mass is 502 g/mol. The highest BCUT2D eigenvalue weighted by molar-refractivity contribution is 5.93. The first-order chi connectivity index (χ1) is 17.1. The Morgan fingerprint density at radius 3 is 2.50 bits per heavy atom. The third kappa shape index (κ3) is 6.60. The molecule has 0 spiro atoms. The molecular weight excluding hydrogens is 473 g/mol. The van der Waals surface area contributed by atoms with Crippen LogP contribution in [0.5, 0.6) is 5.75 Å². The number of nitrogens with zero attached hydrogens (tertiary/aromatic N) is 5. The molecule has 1 aliphatic heterocycles. The van der Waals surface area contributed by atoms with Crippen molar-refractivity contribution in [3.63, 3.8) is 0 Å². The number of anilines is 2. The lowest BCUT2D eigenvalue weighted by atomic mass is 10.0. The Labute approximate surface area is 207 Å². The molecule has 1 saturated heterocycles. The molecule has 192 valence electrons. The van der Waals surface area contributed by atoms with Crippen molar-refractivity contribution in [1.29, 1.82) is 0 Å². The second-order valence-corrected chi connectivity index (χ2v) is 9.13. The lowest BCUT2D eigenvalue weighted by molar-refractivity contribution is -0.274. The fraction of sp³-hybridized carbons (Fsp3) is 0.440. The van der Waals surface area contributed by atoms with Gasteiger partial charge in [-0.3, -0.25) is 4.79 Å². The summed E-state index contributed by atoms with van der Waals surface area (Å²) in [7, 11) is 4.21. The van der Waals surface area contributed by atoms with Crippen molar-refractivity contribution in [3.8, 4) is 5.75 Å². The Morgan fingerprint density at radius 1 is 1.17 bits per heavy atom. The van der Waals surface area contributed by atoms with Gasteiger partial charge in [0.05, 0.1) is 17.6 Å². The van der Waals surface area contributed by atoms with Gasteiger partial charge in [0.2, 0.25) is 11.9 Å². The summed E-state index contributed by atoms with van der Waals surface area (Å²) in [5.41, 5.74) is 2.62. The van der Waals surface area contributed by atoms with Crippen LogP contribution < -0.4 is 15.0 Å². The Hall–Kier alpha value is -3.47. The molecule has 0 aliphatic carbocycles. The largest absolute Gasteiger partial charge is 0.573 e. The predicted octanol–water partition coefficient (Wildman–Crippen LogP) is 4.33. The molecule has 0 unspecified atom stereocenters. The highest BCUT2D eigenvalue weighted by Gasteiger charge is 2.31. The van der Waals surface area contributed by atoms with Crippen molar-refractivity contribution in [2.45, 2.75) is 45.0 Å². The van der Waals surface area contributed by atoms with E-state index in [2.05, 4.69) is 48.9 Å². The number of halogens is 3. The predicted molar refractivity (Wildman–Crippen MR) is 131 cm³/mol. The average Bonchev–Trinajstić information content (AvgIpc) is 2.83. The van der Waals surface area contributed by atoms with Crippen LogP contribution in [0.25, 0.3) is 11.0 Å². The number of hydrogen-bond donors (Lipinski definition) is 1. The summed E-state index contributed by atoms with van der Waals surface area (Å²) < 4.78 is 40.7. The van der Waals surface area contributed by atoms with E-state index in [1.807, 2.05) is 6.92 Å². The van der Waals surface area contributed by atoms with Crippen LogP contribution in [0.4, 0.5) is 24.8 Å². The van der Waals surface area contributed by atoms with Gasteiger partial charge in [0.15, 0.2) is 5.65 Å². The number of amides is 1. The first kappa shape index (κ1) is 25.6. The van der Waals surface area contributed by atoms with Crippen LogP contribution in [0.3, 0.4) is 0 Å². The molecule has 0 atom stereocenters. The van der Waals surface area contributed by atoms with Crippen molar-refractivity contribution < 1.29 is 22.7 Å². The number of fused-ring (bicyclic) bond motifs is 1. The molecule has 36 heavy (non-hydrogen) atoms. The molecule has 1 fully saturated rings. The molecular formula is C25H29F3N6O2. The molecule has 3 heterocycles. The van der Waals surface area contributed by atoms with Gasteiger partial charge in [-0.05, 0) is 64.0 Å². The van der Waals surface area contributed by atoms with Gasteiger partial charge in [-0.15, -0.1) is 13.2 Å². The summed E-state index contributed by atoms with van der Waals surface area (Å²) in [5.74, 6) is 0.149. The fourth-order valence-corrected chi connectivity index (χ4v) is 4.27. The zero-order chi connectivity index (χ0) is 25.9. The van der Waals surface area contributed by atoms with Crippen LogP contribution in [0, 0.1) is 6.92 Å². The number of carbonyl (C=O) groups is 1. The number of aryl methyl sites for hydroxylation is 2. The van der Waals surface area contributed by atoms with Crippen molar-refractivity contribution >= 4 is 28.6 Å². The van der Waals surface area contributed by atoms with E-state index in [1.165, 1.54) is 24.3 Å². The summed E-state index contributed by atoms with van der Waals surface area (Å²) in [6.07, 6.45) is -0.528. The van der Waals surface area contributed by atoms with E-state index in [0.717, 1.165) is 42.6 Å². The number of benzene rings is 1. The number of rotatable bonds is 7. The number of hydrogen-bond acceptors (Lipinski definition) is 7. The SMILES string of the molecule is Cc1nc(N2CCC(N(C)C)CC2)nc2ncc(NC(=O)CCc3ccc(OC(F)(F)F)cc3)cc12. The van der Waals surface area contributed by atoms with Crippen molar-refractivity contribution in [1.82, 2.24) is 19.9 Å². The molecule has 11 heteroatoms. The Bertz CT molecular complexity index is 1210. The van der Waals surface area contributed by atoms with E-state index in [0.29, 0.717) is 29.7 Å². The number of nitrogens with one attached hydrogen (secondary N) is 1. The van der Waals surface area contributed by atoms with Crippen LogP contribution >= 0.6 is 0 Å². The molecule has 0 bridgehead atoms. The molecule has 0 radical (unpaired) electrons. The highest BCUT2D eigenvalue weighted by atomic mass is 19.4. The number of aromatic nitrogens is 3. The fourth-order valence-electron chi connectivity index (χ4n) is 4.27. The summed E-state index contributed by atoms with van der Waals surface area (Å²) in [5, 5.41) is 3.59. The topological polar surface area (TPSA) is 83.5 Å². The molecule has 1 N–H and O–H groups in total. The van der Waals surface area contributed by atoms with Crippen LogP contribution in [0.1, 0.15) is 30.5 Å². The molecule has 1 aromatic carbocycles. The first-order valence-corrected chi connectivity index (χ1v) is 11.8. The standard InChI is InChI=1S/C25H29F3N6O2/c1-16-21-14-18(31-22(35)9-6-17-4-7-20(8-5-17)36-25(26,27)28)15-29-23(21)32-24(30-16)34-12-10-19(11-13-34)33(2)3/h4-5,7-8,14-15,19H,6,9-13H2,1-3H3,(H,31,35).